The van der Waals surface area contributed by atoms with Crippen LogP contribution in [0.25, 0.3) is 0 Å². The molecule has 0 bridgehead atoms. The fourth-order valence-corrected chi connectivity index (χ4v) is 2.61. The highest BCUT2D eigenvalue weighted by Gasteiger charge is 2.11. The van der Waals surface area contributed by atoms with E-state index in [0.717, 1.165) is 22.8 Å². The molecule has 0 aliphatic carbocycles. The largest absolute Gasteiger partial charge is 0.769 e. The molecule has 0 atom stereocenters. The van der Waals surface area contributed by atoms with Crippen LogP contribution >= 0.6 is 0 Å². The zero-order valence-corrected chi connectivity index (χ0v) is 15.0. The second kappa shape index (κ2) is 8.51. The summed E-state index contributed by atoms with van der Waals surface area (Å²) in [5.74, 6) is 0. The number of anilines is 3. The van der Waals surface area contributed by atoms with Crippen molar-refractivity contribution in [2.75, 3.05) is 15.9 Å². The number of hydrogen-bond acceptors (Lipinski definition) is 8. The minimum atomic E-state index is -0.623. The van der Waals surface area contributed by atoms with Gasteiger partial charge in [-0.15, -0.1) is 5.23 Å². The van der Waals surface area contributed by atoms with Crippen LogP contribution in [-0.2, 0) is 0 Å². The van der Waals surface area contributed by atoms with E-state index in [0.29, 0.717) is 5.71 Å². The van der Waals surface area contributed by atoms with Crippen molar-refractivity contribution in [3.8, 4) is 0 Å². The van der Waals surface area contributed by atoms with Crippen molar-refractivity contribution in [1.82, 2.24) is 0 Å². The summed E-state index contributed by atoms with van der Waals surface area (Å²) < 4.78 is 0. The summed E-state index contributed by atoms with van der Waals surface area (Å²) in [6.07, 6.45) is 0. The molecular weight excluding hydrogens is 360 g/mol. The molecule has 0 unspecified atom stereocenters. The van der Waals surface area contributed by atoms with Gasteiger partial charge in [-0.2, -0.15) is 5.10 Å². The van der Waals surface area contributed by atoms with Crippen LogP contribution in [0.15, 0.2) is 77.9 Å². The van der Waals surface area contributed by atoms with Gasteiger partial charge in [-0.25, -0.2) is 0 Å². The molecule has 0 aromatic heterocycles. The fourth-order valence-electron chi connectivity index (χ4n) is 2.61. The van der Waals surface area contributed by atoms with E-state index < -0.39 is 5.23 Å². The van der Waals surface area contributed by atoms with Crippen molar-refractivity contribution in [3.05, 3.63) is 99.9 Å². The van der Waals surface area contributed by atoms with Gasteiger partial charge in [0.2, 0.25) is 0 Å². The molecule has 0 spiro atoms. The molecule has 3 aromatic carbocycles. The van der Waals surface area contributed by atoms with Crippen molar-refractivity contribution in [1.29, 1.82) is 0 Å². The molecule has 144 valence electrons. The van der Waals surface area contributed by atoms with Crippen LogP contribution in [0, 0.1) is 17.3 Å². The van der Waals surface area contributed by atoms with Crippen LogP contribution in [0.1, 0.15) is 16.7 Å². The molecule has 0 heterocycles. The zero-order chi connectivity index (χ0) is 20.1. The first-order valence-corrected chi connectivity index (χ1v) is 8.38. The third-order valence-electron chi connectivity index (χ3n) is 4.07. The van der Waals surface area contributed by atoms with Crippen LogP contribution in [0.5, 0.6) is 0 Å². The summed E-state index contributed by atoms with van der Waals surface area (Å²) in [4.78, 5) is 0. The number of nitrogens with zero attached hydrogens (tertiary/aromatic N) is 3. The number of hydrogen-bond donors (Lipinski definition) is 3. The Hall–Kier alpha value is -3.43. The van der Waals surface area contributed by atoms with E-state index in [1.165, 1.54) is 12.1 Å². The van der Waals surface area contributed by atoms with Gasteiger partial charge in [-0.3, -0.25) is 15.8 Å². The van der Waals surface area contributed by atoms with Crippen molar-refractivity contribution in [2.24, 2.45) is 5.10 Å². The van der Waals surface area contributed by atoms with Crippen LogP contribution in [-0.4, -0.2) is 16.1 Å². The summed E-state index contributed by atoms with van der Waals surface area (Å²) in [5.41, 5.74) is 5.94. The smallest absolute Gasteiger partial charge is 0.121 e. The van der Waals surface area contributed by atoms with Gasteiger partial charge in [-0.05, 0) is 25.1 Å². The van der Waals surface area contributed by atoms with Gasteiger partial charge in [0, 0.05) is 16.8 Å². The predicted octanol–water partition coefficient (Wildman–Crippen LogP) is 4.25. The molecule has 0 aliphatic rings. The normalized spacial score (nSPS) is 11.2. The number of nitrogens with one attached hydrogen (secondary N) is 1. The Bertz CT molecular complexity index is 958. The maximum absolute atomic E-state index is 10.9. The Morgan fingerprint density at radius 2 is 1.54 bits per heavy atom. The molecule has 0 saturated heterocycles. The Balaban J connectivity index is 2.01. The second-order valence-corrected chi connectivity index (χ2v) is 6.05. The lowest BCUT2D eigenvalue weighted by molar-refractivity contribution is 0.0295. The van der Waals surface area contributed by atoms with E-state index in [2.05, 4.69) is 10.5 Å². The summed E-state index contributed by atoms with van der Waals surface area (Å²) in [5, 5.41) is 44.3. The molecule has 0 fully saturated rings. The molecule has 3 aromatic rings. The Morgan fingerprint density at radius 1 is 0.893 bits per heavy atom. The molecule has 8 heteroatoms. The topological polar surface area (TPSA) is 117 Å². The maximum atomic E-state index is 10.9. The van der Waals surface area contributed by atoms with Crippen molar-refractivity contribution in [3.63, 3.8) is 0 Å². The van der Waals surface area contributed by atoms with Gasteiger partial charge in [0.25, 0.3) is 0 Å². The van der Waals surface area contributed by atoms with Crippen LogP contribution < -0.4 is 15.9 Å². The van der Waals surface area contributed by atoms with Crippen LogP contribution in [0.3, 0.4) is 0 Å². The molecule has 0 aliphatic heterocycles. The summed E-state index contributed by atoms with van der Waals surface area (Å²) in [6.45, 7) is 1.99. The summed E-state index contributed by atoms with van der Waals surface area (Å²) in [7, 11) is 0. The lowest BCUT2D eigenvalue weighted by atomic mass is 10.0. The average molecular weight is 378 g/mol. The van der Waals surface area contributed by atoms with E-state index in [1.54, 1.807) is 0 Å². The molecule has 8 nitrogen and oxygen atoms in total. The third-order valence-corrected chi connectivity index (χ3v) is 4.07. The molecule has 28 heavy (non-hydrogen) atoms. The standard InChI is InChI=1S/C20H18N4O4/c1-14-7-9-16(10-8-14)20(15-5-3-2-4-6-15)22-21-18-12-11-17(23(25)26)13-19(18)24(27)28/h2-13,21,27-28H,1H3/q-2. The van der Waals surface area contributed by atoms with E-state index in [-0.39, 0.29) is 22.3 Å². The highest BCUT2D eigenvalue weighted by Crippen LogP contribution is 2.29. The predicted molar refractivity (Wildman–Crippen MR) is 109 cm³/mol. The van der Waals surface area contributed by atoms with Gasteiger partial charge in [0.05, 0.1) is 11.4 Å². The first-order chi connectivity index (χ1) is 13.5. The molecule has 0 radical (unpaired) electrons. The number of rotatable bonds is 6. The molecule has 0 amide bonds. The van der Waals surface area contributed by atoms with Gasteiger partial charge in [-0.1, -0.05) is 60.2 Å². The summed E-state index contributed by atoms with van der Waals surface area (Å²) in [6, 6.07) is 20.9. The van der Waals surface area contributed by atoms with Crippen LogP contribution in [0.2, 0.25) is 0 Å². The first kappa shape index (κ1) is 19.3. The van der Waals surface area contributed by atoms with E-state index >= 15 is 0 Å². The number of benzene rings is 3. The Morgan fingerprint density at radius 3 is 2.14 bits per heavy atom. The van der Waals surface area contributed by atoms with E-state index in [9.17, 15) is 20.8 Å². The Kier molecular flexibility index (Phi) is 5.87. The Labute approximate surface area is 161 Å². The van der Waals surface area contributed by atoms with Crippen LogP contribution in [0.4, 0.5) is 17.1 Å². The SMILES string of the molecule is Cc1ccc(C(=NNc2ccc(N([O-])[O-])cc2N(O)O)c2ccccc2)cc1. The van der Waals surface area contributed by atoms with Crippen molar-refractivity contribution in [2.45, 2.75) is 6.92 Å². The lowest BCUT2D eigenvalue weighted by Gasteiger charge is -2.37. The highest BCUT2D eigenvalue weighted by molar-refractivity contribution is 6.13. The molecule has 3 rings (SSSR count). The first-order valence-electron chi connectivity index (χ1n) is 8.38. The highest BCUT2D eigenvalue weighted by atomic mass is 16.8. The van der Waals surface area contributed by atoms with E-state index in [4.69, 9.17) is 0 Å². The number of aryl methyl sites for hydroxylation is 1. The maximum Gasteiger partial charge on any atom is 0.121 e. The molecule has 0 saturated carbocycles. The average Bonchev–Trinajstić information content (AvgIpc) is 2.70. The van der Waals surface area contributed by atoms with Gasteiger partial charge < -0.3 is 15.6 Å². The van der Waals surface area contributed by atoms with Crippen molar-refractivity contribution >= 4 is 22.8 Å². The second-order valence-electron chi connectivity index (χ2n) is 6.05. The molecular formula is C20H18N4O4-2. The van der Waals surface area contributed by atoms with Gasteiger partial charge in [0.15, 0.2) is 0 Å². The minimum Gasteiger partial charge on any atom is -0.769 e. The van der Waals surface area contributed by atoms with Crippen molar-refractivity contribution < 1.29 is 10.4 Å². The quantitative estimate of drug-likeness (QED) is 0.433. The van der Waals surface area contributed by atoms with Gasteiger partial charge >= 0.3 is 0 Å². The lowest BCUT2D eigenvalue weighted by Crippen LogP contribution is -2.15. The fraction of sp³-hybridized carbons (Fsp3) is 0.0500. The van der Waals surface area contributed by atoms with Gasteiger partial charge in [0.1, 0.15) is 5.69 Å². The summed E-state index contributed by atoms with van der Waals surface area (Å²) >= 11 is 0. The van der Waals surface area contributed by atoms with E-state index in [1.807, 2.05) is 61.5 Å². The monoisotopic (exact) mass is 378 g/mol. The zero-order valence-electron chi connectivity index (χ0n) is 15.0. The number of hydrazone groups is 1. The minimum absolute atomic E-state index is 0.182. The molecule has 3 N–H and O–H groups in total. The third kappa shape index (κ3) is 4.45.